The van der Waals surface area contributed by atoms with Crippen molar-refractivity contribution in [2.24, 2.45) is 5.41 Å². The van der Waals surface area contributed by atoms with E-state index in [4.69, 9.17) is 0 Å². The molecule has 0 aromatic heterocycles. The third-order valence-corrected chi connectivity index (χ3v) is 2.77. The maximum absolute atomic E-state index is 2.38. The third kappa shape index (κ3) is 3.36. The molecule has 2 aromatic rings. The van der Waals surface area contributed by atoms with Crippen LogP contribution in [0.4, 0.5) is 11.4 Å². The first-order valence-corrected chi connectivity index (χ1v) is 6.44. The first-order valence-electron chi connectivity index (χ1n) is 6.44. The van der Waals surface area contributed by atoms with Crippen molar-refractivity contribution in [1.29, 1.82) is 0 Å². The van der Waals surface area contributed by atoms with Crippen molar-refractivity contribution in [3.8, 4) is 0 Å². The fraction of sp³-hybridized carbons (Fsp3) is 0.294. The average Bonchev–Trinajstić information content (AvgIpc) is 2.37. The van der Waals surface area contributed by atoms with Crippen LogP contribution in [-0.4, -0.2) is 6.54 Å². The molecule has 0 heterocycles. The molecule has 2 aromatic carbocycles. The molecule has 0 saturated carbocycles. The van der Waals surface area contributed by atoms with Crippen LogP contribution in [0.1, 0.15) is 20.8 Å². The molecule has 0 bridgehead atoms. The van der Waals surface area contributed by atoms with E-state index in [1.54, 1.807) is 0 Å². The summed E-state index contributed by atoms with van der Waals surface area (Å²) in [6, 6.07) is 21.1. The minimum atomic E-state index is 0.256. The normalized spacial score (nSPS) is 11.3. The van der Waals surface area contributed by atoms with Gasteiger partial charge in [0.05, 0.1) is 0 Å². The Labute approximate surface area is 110 Å². The smallest absolute Gasteiger partial charge is 0.0410 e. The fourth-order valence-corrected chi connectivity index (χ4v) is 2.02. The van der Waals surface area contributed by atoms with Crippen molar-refractivity contribution >= 4 is 11.4 Å². The lowest BCUT2D eigenvalue weighted by molar-refractivity contribution is 0.424. The van der Waals surface area contributed by atoms with Crippen LogP contribution in [0.15, 0.2) is 60.7 Å². The Kier molecular flexibility index (Phi) is 3.71. The van der Waals surface area contributed by atoms with Crippen LogP contribution in [0.25, 0.3) is 0 Å². The molecule has 1 nitrogen and oxygen atoms in total. The summed E-state index contributed by atoms with van der Waals surface area (Å²) in [5.74, 6) is 0. The van der Waals surface area contributed by atoms with E-state index in [-0.39, 0.29) is 5.41 Å². The van der Waals surface area contributed by atoms with E-state index in [1.807, 2.05) is 0 Å². The average molecular weight is 239 g/mol. The summed E-state index contributed by atoms with van der Waals surface area (Å²) in [5, 5.41) is 0. The lowest BCUT2D eigenvalue weighted by atomic mass is 9.95. The molecule has 94 valence electrons. The van der Waals surface area contributed by atoms with E-state index in [9.17, 15) is 0 Å². The van der Waals surface area contributed by atoms with Gasteiger partial charge < -0.3 is 4.90 Å². The molecule has 0 aliphatic heterocycles. The standard InChI is InChI=1S/C17H21N/c1-17(2,3)14-18(15-10-6-4-7-11-15)16-12-8-5-9-13-16/h4-13H,14H2,1-3H3. The van der Waals surface area contributed by atoms with E-state index >= 15 is 0 Å². The molecule has 0 spiro atoms. The summed E-state index contributed by atoms with van der Waals surface area (Å²) in [5.41, 5.74) is 2.75. The van der Waals surface area contributed by atoms with Crippen molar-refractivity contribution in [3.63, 3.8) is 0 Å². The number of hydrogen-bond donors (Lipinski definition) is 0. The minimum absolute atomic E-state index is 0.256. The molecule has 0 fully saturated rings. The summed E-state index contributed by atoms with van der Waals surface area (Å²) in [4.78, 5) is 2.38. The minimum Gasteiger partial charge on any atom is -0.341 e. The zero-order valence-electron chi connectivity index (χ0n) is 11.4. The second-order valence-corrected chi connectivity index (χ2v) is 5.82. The molecule has 0 radical (unpaired) electrons. The monoisotopic (exact) mass is 239 g/mol. The molecular weight excluding hydrogens is 218 g/mol. The second kappa shape index (κ2) is 5.26. The summed E-state index contributed by atoms with van der Waals surface area (Å²) < 4.78 is 0. The predicted molar refractivity (Wildman–Crippen MR) is 79.3 cm³/mol. The number of rotatable bonds is 3. The molecule has 18 heavy (non-hydrogen) atoms. The lowest BCUT2D eigenvalue weighted by Crippen LogP contribution is -2.28. The zero-order valence-corrected chi connectivity index (χ0v) is 11.4. The number of benzene rings is 2. The van der Waals surface area contributed by atoms with E-state index in [0.717, 1.165) is 6.54 Å². The van der Waals surface area contributed by atoms with Crippen LogP contribution in [0.5, 0.6) is 0 Å². The van der Waals surface area contributed by atoms with Gasteiger partial charge >= 0.3 is 0 Å². The largest absolute Gasteiger partial charge is 0.341 e. The van der Waals surface area contributed by atoms with Gasteiger partial charge in [-0.05, 0) is 29.7 Å². The molecule has 0 unspecified atom stereocenters. The summed E-state index contributed by atoms with van der Waals surface area (Å²) in [6.07, 6.45) is 0. The fourth-order valence-electron chi connectivity index (χ4n) is 2.02. The topological polar surface area (TPSA) is 3.24 Å². The van der Waals surface area contributed by atoms with Gasteiger partial charge in [0, 0.05) is 17.9 Å². The van der Waals surface area contributed by atoms with Crippen LogP contribution in [0, 0.1) is 5.41 Å². The van der Waals surface area contributed by atoms with Gasteiger partial charge in [0.1, 0.15) is 0 Å². The van der Waals surface area contributed by atoms with Crippen LogP contribution >= 0.6 is 0 Å². The molecule has 0 aliphatic carbocycles. The Balaban J connectivity index is 2.36. The van der Waals surface area contributed by atoms with Crippen molar-refractivity contribution in [1.82, 2.24) is 0 Å². The van der Waals surface area contributed by atoms with Crippen LogP contribution in [-0.2, 0) is 0 Å². The highest BCUT2D eigenvalue weighted by molar-refractivity contribution is 5.63. The van der Waals surface area contributed by atoms with Crippen LogP contribution in [0.2, 0.25) is 0 Å². The molecule has 2 rings (SSSR count). The Morgan fingerprint density at radius 1 is 0.722 bits per heavy atom. The molecule has 1 heteroatoms. The summed E-state index contributed by atoms with van der Waals surface area (Å²) in [6.45, 7) is 7.81. The highest BCUT2D eigenvalue weighted by Gasteiger charge is 2.17. The van der Waals surface area contributed by atoms with Gasteiger partial charge in [0.2, 0.25) is 0 Å². The van der Waals surface area contributed by atoms with Gasteiger partial charge in [-0.15, -0.1) is 0 Å². The Morgan fingerprint density at radius 2 is 1.11 bits per heavy atom. The second-order valence-electron chi connectivity index (χ2n) is 5.82. The molecule has 0 aliphatic rings. The van der Waals surface area contributed by atoms with Crippen molar-refractivity contribution in [2.45, 2.75) is 20.8 Å². The molecule has 0 N–H and O–H groups in total. The summed E-state index contributed by atoms with van der Waals surface area (Å²) in [7, 11) is 0. The highest BCUT2D eigenvalue weighted by Crippen LogP contribution is 2.29. The van der Waals surface area contributed by atoms with Gasteiger partial charge in [-0.1, -0.05) is 57.2 Å². The van der Waals surface area contributed by atoms with Gasteiger partial charge in [0.15, 0.2) is 0 Å². The van der Waals surface area contributed by atoms with Gasteiger partial charge in [0.25, 0.3) is 0 Å². The molecule has 0 saturated heterocycles. The Morgan fingerprint density at radius 3 is 1.44 bits per heavy atom. The van der Waals surface area contributed by atoms with E-state index in [1.165, 1.54) is 11.4 Å². The van der Waals surface area contributed by atoms with Crippen LogP contribution < -0.4 is 4.90 Å². The van der Waals surface area contributed by atoms with Crippen molar-refractivity contribution in [2.75, 3.05) is 11.4 Å². The van der Waals surface area contributed by atoms with Crippen molar-refractivity contribution in [3.05, 3.63) is 60.7 Å². The Hall–Kier alpha value is -1.76. The molecule has 0 amide bonds. The first kappa shape index (κ1) is 12.7. The predicted octanol–water partition coefficient (Wildman–Crippen LogP) is 4.87. The number of nitrogens with zero attached hydrogens (tertiary/aromatic N) is 1. The van der Waals surface area contributed by atoms with Crippen molar-refractivity contribution < 1.29 is 0 Å². The number of anilines is 2. The van der Waals surface area contributed by atoms with Gasteiger partial charge in [-0.25, -0.2) is 0 Å². The quantitative estimate of drug-likeness (QED) is 0.738. The zero-order chi connectivity index (χ0) is 13.0. The molecule has 0 atom stereocenters. The maximum atomic E-state index is 2.38. The van der Waals surface area contributed by atoms with E-state index in [2.05, 4.69) is 86.3 Å². The number of hydrogen-bond acceptors (Lipinski definition) is 1. The lowest BCUT2D eigenvalue weighted by Gasteiger charge is -2.32. The maximum Gasteiger partial charge on any atom is 0.0410 e. The van der Waals surface area contributed by atoms with Gasteiger partial charge in [-0.2, -0.15) is 0 Å². The molecular formula is C17H21N. The Bertz CT molecular complexity index is 428. The first-order chi connectivity index (χ1) is 8.56. The highest BCUT2D eigenvalue weighted by atomic mass is 15.1. The third-order valence-electron chi connectivity index (χ3n) is 2.77. The van der Waals surface area contributed by atoms with E-state index < -0.39 is 0 Å². The van der Waals surface area contributed by atoms with Gasteiger partial charge in [-0.3, -0.25) is 0 Å². The van der Waals surface area contributed by atoms with Crippen LogP contribution in [0.3, 0.4) is 0 Å². The SMILES string of the molecule is CC(C)(C)CN(c1ccccc1)c1ccccc1. The number of para-hydroxylation sites is 2. The van der Waals surface area contributed by atoms with E-state index in [0.29, 0.717) is 0 Å². The summed E-state index contributed by atoms with van der Waals surface area (Å²) >= 11 is 0.